The Balaban J connectivity index is 1.60. The van der Waals surface area contributed by atoms with Gasteiger partial charge in [0.25, 0.3) is 5.91 Å². The molecule has 3 rings (SSSR count). The smallest absolute Gasteiger partial charge is 0.274 e. The molecule has 1 aromatic heterocycles. The van der Waals surface area contributed by atoms with Gasteiger partial charge in [-0.3, -0.25) is 4.79 Å². The van der Waals surface area contributed by atoms with Crippen LogP contribution in [0.2, 0.25) is 0 Å². The number of hydrogen-bond donors (Lipinski definition) is 0. The SMILES string of the molecule is CCN1CCN(c2cnc(C(=O)N(C)Cc3ccccc3)cn2)CC1. The van der Waals surface area contributed by atoms with Gasteiger partial charge in [0.15, 0.2) is 0 Å². The molecule has 1 saturated heterocycles. The highest BCUT2D eigenvalue weighted by molar-refractivity contribution is 5.91. The molecule has 6 nitrogen and oxygen atoms in total. The molecule has 2 aromatic rings. The molecule has 25 heavy (non-hydrogen) atoms. The lowest BCUT2D eigenvalue weighted by Crippen LogP contribution is -2.46. The zero-order chi connectivity index (χ0) is 17.6. The zero-order valence-electron chi connectivity index (χ0n) is 14.9. The van der Waals surface area contributed by atoms with Crippen molar-refractivity contribution in [3.8, 4) is 0 Å². The lowest BCUT2D eigenvalue weighted by atomic mass is 10.2. The number of piperazine rings is 1. The molecular weight excluding hydrogens is 314 g/mol. The van der Waals surface area contributed by atoms with E-state index in [4.69, 9.17) is 0 Å². The number of nitrogens with zero attached hydrogens (tertiary/aromatic N) is 5. The van der Waals surface area contributed by atoms with Crippen molar-refractivity contribution in [1.82, 2.24) is 19.8 Å². The summed E-state index contributed by atoms with van der Waals surface area (Å²) in [7, 11) is 1.79. The van der Waals surface area contributed by atoms with Gasteiger partial charge in [-0.2, -0.15) is 0 Å². The van der Waals surface area contributed by atoms with E-state index in [9.17, 15) is 4.79 Å². The molecule has 0 atom stereocenters. The van der Waals surface area contributed by atoms with Crippen molar-refractivity contribution in [2.24, 2.45) is 0 Å². The molecule has 1 aromatic carbocycles. The van der Waals surface area contributed by atoms with E-state index >= 15 is 0 Å². The summed E-state index contributed by atoms with van der Waals surface area (Å²) < 4.78 is 0. The van der Waals surface area contributed by atoms with E-state index in [0.717, 1.165) is 44.1 Å². The summed E-state index contributed by atoms with van der Waals surface area (Å²) in [5.41, 5.74) is 1.48. The number of benzene rings is 1. The van der Waals surface area contributed by atoms with Crippen LogP contribution in [0.4, 0.5) is 5.82 Å². The Bertz CT molecular complexity index is 681. The second kappa shape index (κ2) is 8.07. The summed E-state index contributed by atoms with van der Waals surface area (Å²) in [6.07, 6.45) is 3.30. The number of carbonyl (C=O) groups is 1. The van der Waals surface area contributed by atoms with Gasteiger partial charge in [-0.1, -0.05) is 37.3 Å². The van der Waals surface area contributed by atoms with E-state index < -0.39 is 0 Å². The molecule has 1 fully saturated rings. The van der Waals surface area contributed by atoms with Gasteiger partial charge in [0, 0.05) is 39.8 Å². The Morgan fingerprint density at radius 3 is 2.40 bits per heavy atom. The van der Waals surface area contributed by atoms with Gasteiger partial charge in [-0.05, 0) is 12.1 Å². The first-order valence-corrected chi connectivity index (χ1v) is 8.76. The van der Waals surface area contributed by atoms with Crippen molar-refractivity contribution in [1.29, 1.82) is 0 Å². The van der Waals surface area contributed by atoms with E-state index in [1.807, 2.05) is 30.3 Å². The van der Waals surface area contributed by atoms with Crippen LogP contribution in [-0.4, -0.2) is 65.4 Å². The molecule has 1 aliphatic rings. The topological polar surface area (TPSA) is 52.6 Å². The number of rotatable bonds is 5. The van der Waals surface area contributed by atoms with Crippen LogP contribution >= 0.6 is 0 Å². The average molecular weight is 339 g/mol. The van der Waals surface area contributed by atoms with Crippen molar-refractivity contribution in [2.75, 3.05) is 44.7 Å². The van der Waals surface area contributed by atoms with Crippen LogP contribution in [0.15, 0.2) is 42.7 Å². The van der Waals surface area contributed by atoms with Crippen molar-refractivity contribution in [3.05, 3.63) is 54.0 Å². The minimum atomic E-state index is -0.112. The van der Waals surface area contributed by atoms with E-state index in [-0.39, 0.29) is 5.91 Å². The average Bonchev–Trinajstić information content (AvgIpc) is 2.68. The summed E-state index contributed by atoms with van der Waals surface area (Å²) >= 11 is 0. The minimum absolute atomic E-state index is 0.112. The summed E-state index contributed by atoms with van der Waals surface area (Å²) in [5.74, 6) is 0.733. The van der Waals surface area contributed by atoms with Gasteiger partial charge in [0.05, 0.1) is 12.4 Å². The molecule has 0 radical (unpaired) electrons. The quantitative estimate of drug-likeness (QED) is 0.833. The van der Waals surface area contributed by atoms with Crippen molar-refractivity contribution in [2.45, 2.75) is 13.5 Å². The lowest BCUT2D eigenvalue weighted by molar-refractivity contribution is 0.0779. The number of carbonyl (C=O) groups excluding carboxylic acids is 1. The van der Waals surface area contributed by atoms with Crippen LogP contribution in [0.25, 0.3) is 0 Å². The lowest BCUT2D eigenvalue weighted by Gasteiger charge is -2.34. The predicted molar refractivity (Wildman–Crippen MR) is 98.6 cm³/mol. The first kappa shape index (κ1) is 17.4. The number of anilines is 1. The normalized spacial score (nSPS) is 15.2. The maximum absolute atomic E-state index is 12.5. The van der Waals surface area contributed by atoms with E-state index in [1.165, 1.54) is 0 Å². The van der Waals surface area contributed by atoms with Gasteiger partial charge >= 0.3 is 0 Å². The van der Waals surface area contributed by atoms with Gasteiger partial charge in [-0.15, -0.1) is 0 Å². The molecule has 0 spiro atoms. The predicted octanol–water partition coefficient (Wildman–Crippen LogP) is 1.89. The van der Waals surface area contributed by atoms with Crippen LogP contribution in [0.1, 0.15) is 23.0 Å². The second-order valence-corrected chi connectivity index (χ2v) is 6.33. The van der Waals surface area contributed by atoms with Gasteiger partial charge in [0.2, 0.25) is 0 Å². The highest BCUT2D eigenvalue weighted by Gasteiger charge is 2.18. The Morgan fingerprint density at radius 2 is 1.80 bits per heavy atom. The molecule has 132 valence electrons. The third-order valence-electron chi connectivity index (χ3n) is 4.61. The fourth-order valence-corrected chi connectivity index (χ4v) is 3.01. The summed E-state index contributed by atoms with van der Waals surface area (Å²) in [5, 5.41) is 0. The molecule has 1 amide bonds. The fraction of sp³-hybridized carbons (Fsp3) is 0.421. The maximum atomic E-state index is 12.5. The van der Waals surface area contributed by atoms with Crippen LogP contribution in [0.5, 0.6) is 0 Å². The largest absolute Gasteiger partial charge is 0.353 e. The minimum Gasteiger partial charge on any atom is -0.353 e. The first-order valence-electron chi connectivity index (χ1n) is 8.76. The van der Waals surface area contributed by atoms with Gasteiger partial charge in [-0.25, -0.2) is 9.97 Å². The van der Waals surface area contributed by atoms with E-state index in [2.05, 4.69) is 26.7 Å². The van der Waals surface area contributed by atoms with Crippen LogP contribution in [0, 0.1) is 0 Å². The van der Waals surface area contributed by atoms with Gasteiger partial charge < -0.3 is 14.7 Å². The third kappa shape index (κ3) is 4.33. The van der Waals surface area contributed by atoms with Crippen LogP contribution in [0.3, 0.4) is 0 Å². The van der Waals surface area contributed by atoms with Crippen LogP contribution < -0.4 is 4.90 Å². The number of amides is 1. The van der Waals surface area contributed by atoms with Crippen molar-refractivity contribution in [3.63, 3.8) is 0 Å². The van der Waals surface area contributed by atoms with E-state index in [1.54, 1.807) is 24.3 Å². The Hall–Kier alpha value is -2.47. The van der Waals surface area contributed by atoms with Crippen molar-refractivity contribution < 1.29 is 4.79 Å². The number of likely N-dealkylation sites (N-methyl/N-ethyl adjacent to an activating group) is 1. The second-order valence-electron chi connectivity index (χ2n) is 6.33. The molecule has 0 bridgehead atoms. The van der Waals surface area contributed by atoms with Crippen LogP contribution in [-0.2, 0) is 6.54 Å². The Kier molecular flexibility index (Phi) is 5.60. The highest BCUT2D eigenvalue weighted by atomic mass is 16.2. The number of aromatic nitrogens is 2. The molecule has 0 saturated carbocycles. The summed E-state index contributed by atoms with van der Waals surface area (Å²) in [4.78, 5) is 27.6. The molecular formula is C19H25N5O. The molecule has 6 heteroatoms. The molecule has 0 aliphatic carbocycles. The standard InChI is InChI=1S/C19H25N5O/c1-3-23-9-11-24(12-10-23)18-14-20-17(13-21-18)19(25)22(2)15-16-7-5-4-6-8-16/h4-8,13-14H,3,9-12,15H2,1-2H3. The third-order valence-corrected chi connectivity index (χ3v) is 4.61. The Morgan fingerprint density at radius 1 is 1.08 bits per heavy atom. The number of hydrogen-bond acceptors (Lipinski definition) is 5. The zero-order valence-corrected chi connectivity index (χ0v) is 14.9. The van der Waals surface area contributed by atoms with Crippen molar-refractivity contribution >= 4 is 11.7 Å². The van der Waals surface area contributed by atoms with E-state index in [0.29, 0.717) is 12.2 Å². The monoisotopic (exact) mass is 339 g/mol. The molecule has 0 unspecified atom stereocenters. The summed E-state index contributed by atoms with van der Waals surface area (Å²) in [6, 6.07) is 9.93. The summed E-state index contributed by atoms with van der Waals surface area (Å²) in [6.45, 7) is 7.80. The highest BCUT2D eigenvalue weighted by Crippen LogP contribution is 2.13. The first-order chi connectivity index (χ1) is 12.2. The maximum Gasteiger partial charge on any atom is 0.274 e. The fourth-order valence-electron chi connectivity index (χ4n) is 3.01. The molecule has 1 aliphatic heterocycles. The molecule has 2 heterocycles. The van der Waals surface area contributed by atoms with Gasteiger partial charge in [0.1, 0.15) is 11.5 Å². The molecule has 0 N–H and O–H groups in total. The Labute approximate surface area is 149 Å².